The number of nitrogens with one attached hydrogen (secondary N) is 1. The lowest BCUT2D eigenvalue weighted by atomic mass is 10.1. The summed E-state index contributed by atoms with van der Waals surface area (Å²) in [5, 5.41) is 7.82. The van der Waals surface area contributed by atoms with Crippen LogP contribution in [0.15, 0.2) is 12.2 Å². The first-order chi connectivity index (χ1) is 8.65. The van der Waals surface area contributed by atoms with E-state index in [-0.39, 0.29) is 6.04 Å². The lowest BCUT2D eigenvalue weighted by Gasteiger charge is -2.17. The largest absolute Gasteiger partial charge is 0.481 e. The first kappa shape index (κ1) is 14.7. The summed E-state index contributed by atoms with van der Waals surface area (Å²) < 4.78 is 7.15. The summed E-state index contributed by atoms with van der Waals surface area (Å²) in [6.45, 7) is 5.42. The summed E-state index contributed by atoms with van der Waals surface area (Å²) >= 11 is 0. The average Bonchev–Trinajstić information content (AvgIpc) is 2.64. The van der Waals surface area contributed by atoms with Crippen molar-refractivity contribution in [2.75, 3.05) is 20.2 Å². The fraction of sp³-hybridized carbons (Fsp3) is 0.615. The molecule has 5 heteroatoms. The number of aryl methyl sites for hydroxylation is 2. The van der Waals surface area contributed by atoms with Gasteiger partial charge in [0.05, 0.1) is 24.4 Å². The Labute approximate surface area is 109 Å². The van der Waals surface area contributed by atoms with Crippen LogP contribution >= 0.6 is 0 Å². The van der Waals surface area contributed by atoms with Gasteiger partial charge in [-0.15, -0.1) is 0 Å². The Morgan fingerprint density at radius 1 is 1.56 bits per heavy atom. The minimum atomic E-state index is 0.0823. The normalized spacial score (nSPS) is 13.2. The Bertz CT molecular complexity index is 398. The maximum Gasteiger partial charge on any atom is 0.216 e. The fourth-order valence-electron chi connectivity index (χ4n) is 2.11. The van der Waals surface area contributed by atoms with E-state index in [4.69, 9.17) is 10.5 Å². The molecule has 0 radical (unpaired) electrons. The molecule has 0 amide bonds. The third-order valence-electron chi connectivity index (χ3n) is 2.93. The number of hydrogen-bond acceptors (Lipinski definition) is 4. The number of hydrogen-bond donors (Lipinski definition) is 2. The van der Waals surface area contributed by atoms with Gasteiger partial charge in [-0.25, -0.2) is 4.68 Å². The summed E-state index contributed by atoms with van der Waals surface area (Å²) in [6, 6.07) is 0.0823. The van der Waals surface area contributed by atoms with Crippen LogP contribution in [0.2, 0.25) is 0 Å². The van der Waals surface area contributed by atoms with Crippen LogP contribution in [0.3, 0.4) is 0 Å². The Balaban J connectivity index is 2.81. The Morgan fingerprint density at radius 2 is 2.28 bits per heavy atom. The van der Waals surface area contributed by atoms with Gasteiger partial charge in [-0.3, -0.25) is 0 Å². The number of ether oxygens (including phenoxy) is 1. The van der Waals surface area contributed by atoms with E-state index in [1.165, 1.54) is 0 Å². The Kier molecular flexibility index (Phi) is 5.88. The zero-order chi connectivity index (χ0) is 13.5. The van der Waals surface area contributed by atoms with Crippen LogP contribution < -0.4 is 15.8 Å². The summed E-state index contributed by atoms with van der Waals surface area (Å²) in [5.41, 5.74) is 7.87. The Hall–Kier alpha value is -1.33. The van der Waals surface area contributed by atoms with E-state index in [2.05, 4.69) is 22.6 Å². The molecule has 0 bridgehead atoms. The highest BCUT2D eigenvalue weighted by Crippen LogP contribution is 2.27. The number of nitrogens with two attached hydrogens (primary N) is 1. The van der Waals surface area contributed by atoms with Crippen LogP contribution in [-0.4, -0.2) is 30.0 Å². The van der Waals surface area contributed by atoms with E-state index < -0.39 is 0 Å². The summed E-state index contributed by atoms with van der Waals surface area (Å²) in [4.78, 5) is 0. The molecule has 0 spiro atoms. The fourth-order valence-corrected chi connectivity index (χ4v) is 2.11. The molecule has 0 saturated heterocycles. The van der Waals surface area contributed by atoms with Gasteiger partial charge in [-0.2, -0.15) is 5.10 Å². The quantitative estimate of drug-likeness (QED) is 0.567. The van der Waals surface area contributed by atoms with Crippen molar-refractivity contribution in [1.29, 1.82) is 0 Å². The minimum Gasteiger partial charge on any atom is -0.481 e. The summed E-state index contributed by atoms with van der Waals surface area (Å²) in [5.74, 6) is 0.779. The molecule has 1 heterocycles. The number of rotatable bonds is 7. The van der Waals surface area contributed by atoms with E-state index in [1.807, 2.05) is 20.9 Å². The molecule has 1 aromatic rings. The van der Waals surface area contributed by atoms with Gasteiger partial charge in [0.15, 0.2) is 0 Å². The van der Waals surface area contributed by atoms with Gasteiger partial charge in [0.25, 0.3) is 0 Å². The monoisotopic (exact) mass is 252 g/mol. The summed E-state index contributed by atoms with van der Waals surface area (Å²) in [6.07, 6.45) is 5.18. The van der Waals surface area contributed by atoms with Crippen LogP contribution in [0.25, 0.3) is 0 Å². The molecule has 0 aliphatic rings. The highest BCUT2D eigenvalue weighted by atomic mass is 16.5. The van der Waals surface area contributed by atoms with Crippen LogP contribution in [0, 0.1) is 6.92 Å². The molecule has 0 fully saturated rings. The average molecular weight is 252 g/mol. The predicted octanol–water partition coefficient (Wildman–Crippen LogP) is 1.29. The van der Waals surface area contributed by atoms with Gasteiger partial charge in [-0.05, 0) is 26.8 Å². The molecule has 3 N–H and O–H groups in total. The first-order valence-corrected chi connectivity index (χ1v) is 6.27. The van der Waals surface area contributed by atoms with E-state index in [0.717, 1.165) is 30.1 Å². The second kappa shape index (κ2) is 7.18. The zero-order valence-electron chi connectivity index (χ0n) is 11.7. The van der Waals surface area contributed by atoms with E-state index in [9.17, 15) is 0 Å². The smallest absolute Gasteiger partial charge is 0.216 e. The van der Waals surface area contributed by atoms with E-state index >= 15 is 0 Å². The predicted molar refractivity (Wildman–Crippen MR) is 73.7 cm³/mol. The standard InChI is InChI=1S/C13H24N4O/c1-5-6-7-8-15-11(9-14)12-10(2)16-17(3)13(12)18-4/h5-6,11,15H,7-9,14H2,1-4H3/b6-5+. The number of allylic oxidation sites excluding steroid dienone is 1. The van der Waals surface area contributed by atoms with Gasteiger partial charge >= 0.3 is 0 Å². The van der Waals surface area contributed by atoms with Crippen LogP contribution in [0.5, 0.6) is 5.88 Å². The van der Waals surface area contributed by atoms with Crippen LogP contribution in [0.4, 0.5) is 0 Å². The van der Waals surface area contributed by atoms with Crippen molar-refractivity contribution in [3.05, 3.63) is 23.4 Å². The highest BCUT2D eigenvalue weighted by Gasteiger charge is 2.21. The molecule has 0 aliphatic carbocycles. The van der Waals surface area contributed by atoms with Gasteiger partial charge in [0, 0.05) is 13.6 Å². The minimum absolute atomic E-state index is 0.0823. The van der Waals surface area contributed by atoms with Gasteiger partial charge in [0.2, 0.25) is 5.88 Å². The van der Waals surface area contributed by atoms with Gasteiger partial charge in [0.1, 0.15) is 0 Å². The van der Waals surface area contributed by atoms with E-state index in [1.54, 1.807) is 11.8 Å². The lowest BCUT2D eigenvalue weighted by molar-refractivity contribution is 0.363. The number of aromatic nitrogens is 2. The molecule has 1 aromatic heterocycles. The molecule has 5 nitrogen and oxygen atoms in total. The molecule has 18 heavy (non-hydrogen) atoms. The second-order valence-corrected chi connectivity index (χ2v) is 4.23. The van der Waals surface area contributed by atoms with Crippen molar-refractivity contribution < 1.29 is 4.74 Å². The summed E-state index contributed by atoms with van der Waals surface area (Å²) in [7, 11) is 3.54. The van der Waals surface area contributed by atoms with E-state index in [0.29, 0.717) is 6.54 Å². The molecular formula is C13H24N4O. The SMILES string of the molecule is C/C=C/CCNC(CN)c1c(C)nn(C)c1OC. The van der Waals surface area contributed by atoms with Crippen molar-refractivity contribution in [3.8, 4) is 5.88 Å². The lowest BCUT2D eigenvalue weighted by Crippen LogP contribution is -2.29. The second-order valence-electron chi connectivity index (χ2n) is 4.23. The van der Waals surface area contributed by atoms with Crippen molar-refractivity contribution in [2.24, 2.45) is 12.8 Å². The maximum atomic E-state index is 5.85. The molecule has 1 unspecified atom stereocenters. The third kappa shape index (κ3) is 3.34. The zero-order valence-corrected chi connectivity index (χ0v) is 11.7. The molecule has 102 valence electrons. The van der Waals surface area contributed by atoms with Crippen molar-refractivity contribution in [1.82, 2.24) is 15.1 Å². The highest BCUT2D eigenvalue weighted by molar-refractivity contribution is 5.34. The first-order valence-electron chi connectivity index (χ1n) is 6.27. The molecule has 0 aliphatic heterocycles. The van der Waals surface area contributed by atoms with Gasteiger partial charge < -0.3 is 15.8 Å². The molecule has 0 saturated carbocycles. The number of nitrogens with zero attached hydrogens (tertiary/aromatic N) is 2. The van der Waals surface area contributed by atoms with Crippen LogP contribution in [0.1, 0.15) is 30.6 Å². The molecule has 1 rings (SSSR count). The van der Waals surface area contributed by atoms with Crippen LogP contribution in [-0.2, 0) is 7.05 Å². The molecule has 1 atom stereocenters. The topological polar surface area (TPSA) is 65.1 Å². The third-order valence-corrected chi connectivity index (χ3v) is 2.93. The number of methoxy groups -OCH3 is 1. The molecule has 0 aromatic carbocycles. The van der Waals surface area contributed by atoms with Crippen molar-refractivity contribution in [3.63, 3.8) is 0 Å². The van der Waals surface area contributed by atoms with Crippen molar-refractivity contribution >= 4 is 0 Å². The molecular weight excluding hydrogens is 228 g/mol. The Morgan fingerprint density at radius 3 is 2.83 bits per heavy atom. The van der Waals surface area contributed by atoms with Crippen molar-refractivity contribution in [2.45, 2.75) is 26.3 Å². The van der Waals surface area contributed by atoms with Gasteiger partial charge in [-0.1, -0.05) is 12.2 Å². The maximum absolute atomic E-state index is 5.85.